The lowest BCUT2D eigenvalue weighted by molar-refractivity contribution is -0.153. The Morgan fingerprint density at radius 3 is 2.42 bits per heavy atom. The van der Waals surface area contributed by atoms with Gasteiger partial charge in [0.05, 0.1) is 11.9 Å². The molecule has 0 bridgehead atoms. The number of pyridine rings is 1. The van der Waals surface area contributed by atoms with E-state index in [0.29, 0.717) is 30.9 Å². The van der Waals surface area contributed by atoms with Gasteiger partial charge in [-0.15, -0.1) is 0 Å². The van der Waals surface area contributed by atoms with Gasteiger partial charge in [-0.3, -0.25) is 4.79 Å². The lowest BCUT2D eigenvalue weighted by atomic mass is 10.2. The second-order valence-electron chi connectivity index (χ2n) is 9.06. The van der Waals surface area contributed by atoms with Crippen LogP contribution in [0.3, 0.4) is 0 Å². The monoisotopic (exact) mass is 551 g/mol. The molecule has 2 aromatic carbocycles. The number of oxazole rings is 1. The highest BCUT2D eigenvalue weighted by Gasteiger charge is 2.42. The zero-order valence-corrected chi connectivity index (χ0v) is 21.0. The van der Waals surface area contributed by atoms with Crippen molar-refractivity contribution < 1.29 is 31.9 Å². The molecular weight excluding hydrogens is 527 g/mol. The summed E-state index contributed by atoms with van der Waals surface area (Å²) in [6.07, 6.45) is -3.33. The summed E-state index contributed by atoms with van der Waals surface area (Å²) in [6.45, 7) is 1.13. The molecule has 0 spiro atoms. The van der Waals surface area contributed by atoms with Crippen LogP contribution >= 0.6 is 0 Å². The van der Waals surface area contributed by atoms with Crippen molar-refractivity contribution in [3.8, 4) is 11.5 Å². The Bertz CT molecular complexity index is 1460. The number of rotatable bonds is 7. The molecule has 0 aliphatic carbocycles. The number of benzene rings is 2. The number of nitrogens with zero attached hydrogens (tertiary/aromatic N) is 3. The number of aromatic nitrogens is 2. The van der Waals surface area contributed by atoms with Crippen molar-refractivity contribution in [2.75, 3.05) is 23.7 Å². The molecule has 206 valence electrons. The maximum absolute atomic E-state index is 13.6. The Morgan fingerprint density at radius 2 is 1.75 bits per heavy atom. The molecule has 1 aliphatic heterocycles. The summed E-state index contributed by atoms with van der Waals surface area (Å²) < 4.78 is 51.0. The highest BCUT2D eigenvalue weighted by molar-refractivity contribution is 6.04. The van der Waals surface area contributed by atoms with Gasteiger partial charge in [-0.05, 0) is 36.2 Å². The van der Waals surface area contributed by atoms with E-state index in [2.05, 4.69) is 20.6 Å². The van der Waals surface area contributed by atoms with E-state index >= 15 is 0 Å². The highest BCUT2D eigenvalue weighted by atomic mass is 19.4. The molecule has 1 aliphatic rings. The van der Waals surface area contributed by atoms with Crippen LogP contribution in [0, 0.1) is 0 Å². The van der Waals surface area contributed by atoms with Crippen LogP contribution in [0.2, 0.25) is 0 Å². The molecule has 1 fully saturated rings. The average molecular weight is 552 g/mol. The van der Waals surface area contributed by atoms with Crippen LogP contribution in [0.15, 0.2) is 83.4 Å². The number of hydrogen-bond donors (Lipinski definition) is 2. The molecule has 2 amide bonds. The summed E-state index contributed by atoms with van der Waals surface area (Å²) >= 11 is 0. The summed E-state index contributed by atoms with van der Waals surface area (Å²) in [7, 11) is 0. The van der Waals surface area contributed by atoms with E-state index in [1.165, 1.54) is 24.4 Å². The summed E-state index contributed by atoms with van der Waals surface area (Å²) in [6, 6.07) is 20.4. The standard InChI is InChI=1S/C28H24F3N5O4/c29-28(30,31)24-23(35-26(40-24)19-9-5-2-6-10-19)25(37)34-20-11-12-22(32-15-20)33-21-13-14-36(16-21)27(38)39-17-18-7-3-1-4-8-18/h1-12,15,21H,13-14,16-17H2,(H,32,33)(H,34,37)/t21-/m0/s1. The van der Waals surface area contributed by atoms with Crippen molar-refractivity contribution in [1.82, 2.24) is 14.9 Å². The smallest absolute Gasteiger partial charge is 0.445 e. The van der Waals surface area contributed by atoms with Crippen molar-refractivity contribution in [3.05, 3.63) is 96.0 Å². The van der Waals surface area contributed by atoms with E-state index in [1.807, 2.05) is 30.3 Å². The minimum Gasteiger partial charge on any atom is -0.445 e. The van der Waals surface area contributed by atoms with Crippen LogP contribution in [0.5, 0.6) is 0 Å². The molecule has 1 atom stereocenters. The molecule has 9 nitrogen and oxygen atoms in total. The maximum Gasteiger partial charge on any atom is 0.452 e. The minimum absolute atomic E-state index is 0.0712. The predicted octanol–water partition coefficient (Wildman–Crippen LogP) is 5.83. The fraction of sp³-hybridized carbons (Fsp3) is 0.214. The highest BCUT2D eigenvalue weighted by Crippen LogP contribution is 2.35. The third kappa shape index (κ3) is 6.40. The van der Waals surface area contributed by atoms with Crippen LogP contribution in [-0.4, -0.2) is 46.0 Å². The molecule has 12 heteroatoms. The van der Waals surface area contributed by atoms with E-state index in [0.717, 1.165) is 5.56 Å². The summed E-state index contributed by atoms with van der Waals surface area (Å²) in [5, 5.41) is 5.60. The number of carbonyl (C=O) groups is 2. The Morgan fingerprint density at radius 1 is 1.02 bits per heavy atom. The van der Waals surface area contributed by atoms with E-state index < -0.39 is 29.6 Å². The van der Waals surface area contributed by atoms with E-state index in [-0.39, 0.29) is 24.2 Å². The second-order valence-corrected chi connectivity index (χ2v) is 9.06. The van der Waals surface area contributed by atoms with Crippen molar-refractivity contribution >= 4 is 23.5 Å². The minimum atomic E-state index is -4.91. The first-order valence-corrected chi connectivity index (χ1v) is 12.4. The fourth-order valence-corrected chi connectivity index (χ4v) is 4.18. The third-order valence-electron chi connectivity index (χ3n) is 6.15. The van der Waals surface area contributed by atoms with Gasteiger partial charge in [0.1, 0.15) is 12.4 Å². The van der Waals surface area contributed by atoms with Crippen LogP contribution in [0.25, 0.3) is 11.5 Å². The number of alkyl halides is 3. The van der Waals surface area contributed by atoms with Crippen molar-refractivity contribution in [1.29, 1.82) is 0 Å². The lowest BCUT2D eigenvalue weighted by Crippen LogP contribution is -2.32. The van der Waals surface area contributed by atoms with E-state index in [4.69, 9.17) is 9.15 Å². The quantitative estimate of drug-likeness (QED) is 0.297. The number of ether oxygens (including phenoxy) is 1. The molecule has 3 heterocycles. The van der Waals surface area contributed by atoms with Gasteiger partial charge in [-0.2, -0.15) is 13.2 Å². The first kappa shape index (κ1) is 26.7. The van der Waals surface area contributed by atoms with Crippen LogP contribution < -0.4 is 10.6 Å². The second kappa shape index (κ2) is 11.5. The number of likely N-dealkylation sites (tertiary alicyclic amines) is 1. The van der Waals surface area contributed by atoms with Crippen LogP contribution in [0.4, 0.5) is 29.5 Å². The van der Waals surface area contributed by atoms with Crippen molar-refractivity contribution in [2.24, 2.45) is 0 Å². The topological polar surface area (TPSA) is 110 Å². The zero-order valence-electron chi connectivity index (χ0n) is 21.0. The van der Waals surface area contributed by atoms with Gasteiger partial charge in [0.25, 0.3) is 5.91 Å². The van der Waals surface area contributed by atoms with Gasteiger partial charge >= 0.3 is 12.3 Å². The molecule has 0 saturated carbocycles. The Kier molecular flexibility index (Phi) is 7.67. The number of nitrogens with one attached hydrogen (secondary N) is 2. The third-order valence-corrected chi connectivity index (χ3v) is 6.15. The zero-order chi connectivity index (χ0) is 28.1. The van der Waals surface area contributed by atoms with Gasteiger partial charge in [-0.25, -0.2) is 14.8 Å². The van der Waals surface area contributed by atoms with Crippen molar-refractivity contribution in [2.45, 2.75) is 25.2 Å². The number of carbonyl (C=O) groups excluding carboxylic acids is 2. The molecule has 1 saturated heterocycles. The Hall–Kier alpha value is -4.87. The maximum atomic E-state index is 13.6. The molecule has 0 unspecified atom stereocenters. The molecule has 2 aromatic heterocycles. The van der Waals surface area contributed by atoms with Gasteiger partial charge in [-0.1, -0.05) is 48.5 Å². The molecule has 4 aromatic rings. The SMILES string of the molecule is O=C(Nc1ccc(N[C@H]2CCN(C(=O)OCc3ccccc3)C2)nc1)c1nc(-c2ccccc2)oc1C(F)(F)F. The fourth-order valence-electron chi connectivity index (χ4n) is 4.18. The summed E-state index contributed by atoms with van der Waals surface area (Å²) in [4.78, 5) is 34.7. The van der Waals surface area contributed by atoms with Crippen LogP contribution in [-0.2, 0) is 17.5 Å². The number of anilines is 2. The van der Waals surface area contributed by atoms with Crippen molar-refractivity contribution in [3.63, 3.8) is 0 Å². The predicted molar refractivity (Wildman–Crippen MR) is 139 cm³/mol. The largest absolute Gasteiger partial charge is 0.452 e. The van der Waals surface area contributed by atoms with Gasteiger partial charge in [0.15, 0.2) is 5.69 Å². The van der Waals surface area contributed by atoms with Gasteiger partial charge < -0.3 is 24.7 Å². The molecule has 2 N–H and O–H groups in total. The van der Waals surface area contributed by atoms with Gasteiger partial charge in [0.2, 0.25) is 11.7 Å². The summed E-state index contributed by atoms with van der Waals surface area (Å²) in [5.41, 5.74) is 0.499. The van der Waals surface area contributed by atoms with Crippen LogP contribution in [0.1, 0.15) is 28.2 Å². The summed E-state index contributed by atoms with van der Waals surface area (Å²) in [5.74, 6) is -2.40. The Balaban J connectivity index is 1.17. The van der Waals surface area contributed by atoms with E-state index in [9.17, 15) is 22.8 Å². The molecular formula is C28H24F3N5O4. The Labute approximate surface area is 227 Å². The number of halogens is 3. The molecule has 40 heavy (non-hydrogen) atoms. The van der Waals surface area contributed by atoms with E-state index in [1.54, 1.807) is 29.2 Å². The first-order chi connectivity index (χ1) is 19.3. The normalized spacial score (nSPS) is 15.1. The number of hydrogen-bond acceptors (Lipinski definition) is 7. The first-order valence-electron chi connectivity index (χ1n) is 12.4. The molecule has 0 radical (unpaired) electrons. The lowest BCUT2D eigenvalue weighted by Gasteiger charge is -2.17. The average Bonchev–Trinajstić information content (AvgIpc) is 3.62. The molecule has 5 rings (SSSR count). The number of amides is 2. The van der Waals surface area contributed by atoms with Gasteiger partial charge in [0, 0.05) is 24.7 Å².